The standard InChI is InChI=1S/C27H46O3/c1-2-3-4-5-6-7-8-9-10-11-12-13-14-15-16-17-18-19-27(29)30-26-22-20-25(24-28)21-23-26/h20-23,28H,2-19,24H2,1H3. The van der Waals surface area contributed by atoms with Gasteiger partial charge in [-0.25, -0.2) is 0 Å². The van der Waals surface area contributed by atoms with Crippen LogP contribution in [0.2, 0.25) is 0 Å². The van der Waals surface area contributed by atoms with Gasteiger partial charge < -0.3 is 9.84 Å². The highest BCUT2D eigenvalue weighted by Crippen LogP contribution is 2.16. The van der Waals surface area contributed by atoms with Crippen LogP contribution in [0.4, 0.5) is 0 Å². The maximum atomic E-state index is 11.9. The number of aliphatic hydroxyl groups excluding tert-OH is 1. The van der Waals surface area contributed by atoms with E-state index in [-0.39, 0.29) is 12.6 Å². The molecule has 0 aliphatic carbocycles. The Kier molecular flexibility index (Phi) is 17.4. The molecule has 0 saturated heterocycles. The van der Waals surface area contributed by atoms with Crippen LogP contribution in [-0.4, -0.2) is 11.1 Å². The van der Waals surface area contributed by atoms with Gasteiger partial charge in [-0.15, -0.1) is 0 Å². The molecule has 0 fully saturated rings. The molecule has 0 amide bonds. The van der Waals surface area contributed by atoms with E-state index in [2.05, 4.69) is 6.92 Å². The van der Waals surface area contributed by atoms with Crippen molar-refractivity contribution >= 4 is 5.97 Å². The molecule has 0 aliphatic heterocycles. The Bertz CT molecular complexity index is 509. The second kappa shape index (κ2) is 19.6. The number of carbonyl (C=O) groups excluding carboxylic acids is 1. The molecule has 0 atom stereocenters. The third kappa shape index (κ3) is 15.5. The third-order valence-electron chi connectivity index (χ3n) is 5.82. The first kappa shape index (κ1) is 26.7. The van der Waals surface area contributed by atoms with Gasteiger partial charge in [-0.2, -0.15) is 0 Å². The summed E-state index contributed by atoms with van der Waals surface area (Å²) in [6.07, 6.45) is 23.3. The van der Waals surface area contributed by atoms with Crippen molar-refractivity contribution in [2.75, 3.05) is 0 Å². The predicted octanol–water partition coefficient (Wildman–Crippen LogP) is 8.13. The zero-order chi connectivity index (χ0) is 21.7. The van der Waals surface area contributed by atoms with Crippen molar-refractivity contribution in [2.45, 2.75) is 129 Å². The molecule has 1 rings (SSSR count). The highest BCUT2D eigenvalue weighted by Gasteiger charge is 2.04. The van der Waals surface area contributed by atoms with E-state index in [4.69, 9.17) is 9.84 Å². The summed E-state index contributed by atoms with van der Waals surface area (Å²) in [5, 5.41) is 9.02. The molecule has 0 spiro atoms. The number of ether oxygens (including phenoxy) is 1. The van der Waals surface area contributed by atoms with Gasteiger partial charge in [0.25, 0.3) is 0 Å². The molecule has 3 heteroatoms. The van der Waals surface area contributed by atoms with Crippen molar-refractivity contribution in [3.63, 3.8) is 0 Å². The van der Waals surface area contributed by atoms with E-state index in [0.29, 0.717) is 12.2 Å². The second-order valence-corrected chi connectivity index (χ2v) is 8.68. The fourth-order valence-corrected chi connectivity index (χ4v) is 3.84. The molecular formula is C27H46O3. The zero-order valence-electron chi connectivity index (χ0n) is 19.5. The summed E-state index contributed by atoms with van der Waals surface area (Å²) in [6.45, 7) is 2.29. The van der Waals surface area contributed by atoms with Crippen LogP contribution in [0.5, 0.6) is 5.75 Å². The molecule has 30 heavy (non-hydrogen) atoms. The Labute approximate surface area is 185 Å². The number of unbranched alkanes of at least 4 members (excludes halogenated alkanes) is 16. The van der Waals surface area contributed by atoms with Gasteiger partial charge >= 0.3 is 5.97 Å². The normalized spacial score (nSPS) is 11.0. The van der Waals surface area contributed by atoms with E-state index in [0.717, 1.165) is 18.4 Å². The fraction of sp³-hybridized carbons (Fsp3) is 0.741. The molecule has 0 unspecified atom stereocenters. The quantitative estimate of drug-likeness (QED) is 0.132. The molecule has 1 N–H and O–H groups in total. The lowest BCUT2D eigenvalue weighted by Crippen LogP contribution is -2.07. The predicted molar refractivity (Wildman–Crippen MR) is 127 cm³/mol. The van der Waals surface area contributed by atoms with Crippen molar-refractivity contribution in [3.05, 3.63) is 29.8 Å². The first-order chi connectivity index (χ1) is 14.8. The second-order valence-electron chi connectivity index (χ2n) is 8.68. The minimum absolute atomic E-state index is 0.00742. The van der Waals surface area contributed by atoms with Gasteiger partial charge in [0.2, 0.25) is 0 Å². The largest absolute Gasteiger partial charge is 0.427 e. The van der Waals surface area contributed by atoms with Crippen molar-refractivity contribution in [1.29, 1.82) is 0 Å². The molecular weight excluding hydrogens is 372 g/mol. The van der Waals surface area contributed by atoms with Crippen LogP contribution in [0, 0.1) is 0 Å². The highest BCUT2D eigenvalue weighted by atomic mass is 16.5. The van der Waals surface area contributed by atoms with Crippen molar-refractivity contribution in [1.82, 2.24) is 0 Å². The number of esters is 1. The molecule has 3 nitrogen and oxygen atoms in total. The first-order valence-corrected chi connectivity index (χ1v) is 12.7. The van der Waals surface area contributed by atoms with E-state index in [1.807, 2.05) is 0 Å². The Morgan fingerprint density at radius 3 is 1.47 bits per heavy atom. The van der Waals surface area contributed by atoms with Crippen LogP contribution in [-0.2, 0) is 11.4 Å². The summed E-state index contributed by atoms with van der Waals surface area (Å²) in [5.41, 5.74) is 0.822. The highest BCUT2D eigenvalue weighted by molar-refractivity contribution is 5.72. The number of benzene rings is 1. The molecule has 1 aromatic rings. The third-order valence-corrected chi connectivity index (χ3v) is 5.82. The minimum atomic E-state index is -0.160. The van der Waals surface area contributed by atoms with Crippen molar-refractivity contribution < 1.29 is 14.6 Å². The summed E-state index contributed by atoms with van der Waals surface area (Å²) >= 11 is 0. The lowest BCUT2D eigenvalue weighted by Gasteiger charge is -2.05. The smallest absolute Gasteiger partial charge is 0.311 e. The van der Waals surface area contributed by atoms with Gasteiger partial charge in [0.15, 0.2) is 0 Å². The summed E-state index contributed by atoms with van der Waals surface area (Å²) in [6, 6.07) is 7.02. The fourth-order valence-electron chi connectivity index (χ4n) is 3.84. The average molecular weight is 419 g/mol. The number of hydrogen-bond donors (Lipinski definition) is 1. The Morgan fingerprint density at radius 1 is 0.667 bits per heavy atom. The molecule has 0 bridgehead atoms. The van der Waals surface area contributed by atoms with Gasteiger partial charge in [0.1, 0.15) is 5.75 Å². The molecule has 0 aromatic heterocycles. The molecule has 172 valence electrons. The van der Waals surface area contributed by atoms with Crippen LogP contribution in [0.25, 0.3) is 0 Å². The maximum Gasteiger partial charge on any atom is 0.311 e. The Morgan fingerprint density at radius 2 is 1.07 bits per heavy atom. The Hall–Kier alpha value is -1.35. The molecule has 0 aliphatic rings. The van der Waals surface area contributed by atoms with Crippen molar-refractivity contribution in [3.8, 4) is 5.75 Å². The van der Waals surface area contributed by atoms with E-state index in [1.54, 1.807) is 24.3 Å². The van der Waals surface area contributed by atoms with Crippen LogP contribution in [0.3, 0.4) is 0 Å². The summed E-state index contributed by atoms with van der Waals surface area (Å²) < 4.78 is 5.32. The maximum absolute atomic E-state index is 11.9. The number of rotatable bonds is 20. The molecule has 0 radical (unpaired) electrons. The Balaban J connectivity index is 1.80. The monoisotopic (exact) mass is 418 g/mol. The van der Waals surface area contributed by atoms with Crippen LogP contribution >= 0.6 is 0 Å². The number of aliphatic hydroxyl groups is 1. The number of carbonyl (C=O) groups is 1. The van der Waals surface area contributed by atoms with Crippen LogP contribution in [0.15, 0.2) is 24.3 Å². The summed E-state index contributed by atoms with van der Waals surface area (Å²) in [7, 11) is 0. The van der Waals surface area contributed by atoms with Gasteiger partial charge in [-0.3, -0.25) is 4.79 Å². The van der Waals surface area contributed by atoms with E-state index < -0.39 is 0 Å². The molecule has 0 heterocycles. The van der Waals surface area contributed by atoms with Crippen LogP contribution in [0.1, 0.15) is 128 Å². The van der Waals surface area contributed by atoms with Gasteiger partial charge in [0.05, 0.1) is 6.61 Å². The first-order valence-electron chi connectivity index (χ1n) is 12.7. The van der Waals surface area contributed by atoms with Gasteiger partial charge in [-0.1, -0.05) is 122 Å². The van der Waals surface area contributed by atoms with Gasteiger partial charge in [0, 0.05) is 6.42 Å². The average Bonchev–Trinajstić information content (AvgIpc) is 2.76. The summed E-state index contributed by atoms with van der Waals surface area (Å²) in [5.74, 6) is 0.400. The lowest BCUT2D eigenvalue weighted by atomic mass is 10.0. The van der Waals surface area contributed by atoms with Crippen molar-refractivity contribution in [2.24, 2.45) is 0 Å². The lowest BCUT2D eigenvalue weighted by molar-refractivity contribution is -0.134. The SMILES string of the molecule is CCCCCCCCCCCCCCCCCCCC(=O)Oc1ccc(CO)cc1. The van der Waals surface area contributed by atoms with Crippen LogP contribution < -0.4 is 4.74 Å². The topological polar surface area (TPSA) is 46.5 Å². The van der Waals surface area contributed by atoms with E-state index >= 15 is 0 Å². The summed E-state index contributed by atoms with van der Waals surface area (Å²) in [4.78, 5) is 11.9. The molecule has 0 saturated carbocycles. The van der Waals surface area contributed by atoms with Gasteiger partial charge in [-0.05, 0) is 24.1 Å². The van der Waals surface area contributed by atoms with E-state index in [1.165, 1.54) is 96.3 Å². The van der Waals surface area contributed by atoms with E-state index in [9.17, 15) is 4.79 Å². The zero-order valence-corrected chi connectivity index (χ0v) is 19.5. The molecule has 1 aromatic carbocycles. The minimum Gasteiger partial charge on any atom is -0.427 e. The number of hydrogen-bond acceptors (Lipinski definition) is 3.